The lowest BCUT2D eigenvalue weighted by Gasteiger charge is -2.37. The third-order valence-corrected chi connectivity index (χ3v) is 5.09. The summed E-state index contributed by atoms with van der Waals surface area (Å²) >= 11 is 0. The van der Waals surface area contributed by atoms with Gasteiger partial charge in [-0.25, -0.2) is 0 Å². The van der Waals surface area contributed by atoms with Crippen LogP contribution >= 0.6 is 0 Å². The second-order valence-corrected chi connectivity index (χ2v) is 6.35. The Morgan fingerprint density at radius 2 is 1.58 bits per heavy atom. The second kappa shape index (κ2) is 6.25. The summed E-state index contributed by atoms with van der Waals surface area (Å²) in [5.41, 5.74) is 2.56. The number of phenols is 1. The van der Waals surface area contributed by atoms with Gasteiger partial charge in [-0.3, -0.25) is 0 Å². The minimum absolute atomic E-state index is 0.133. The molecule has 26 heavy (non-hydrogen) atoms. The van der Waals surface area contributed by atoms with Crippen LogP contribution in [0.15, 0.2) is 66.7 Å². The van der Waals surface area contributed by atoms with E-state index < -0.39 is 11.9 Å². The Bertz CT molecular complexity index is 1000. The van der Waals surface area contributed by atoms with Gasteiger partial charge in [-0.15, -0.1) is 0 Å². The largest absolute Gasteiger partial charge is 0.507 e. The van der Waals surface area contributed by atoms with Crippen LogP contribution in [0.4, 0.5) is 0 Å². The molecule has 2 N–H and O–H groups in total. The molecule has 0 amide bonds. The van der Waals surface area contributed by atoms with Crippen molar-refractivity contribution in [2.45, 2.75) is 11.9 Å². The molecule has 0 aromatic heterocycles. The smallest absolute Gasteiger partial charge is 0.215 e. The monoisotopic (exact) mass is 348 g/mol. The van der Waals surface area contributed by atoms with Gasteiger partial charge < -0.3 is 19.7 Å². The first-order valence-corrected chi connectivity index (χ1v) is 8.43. The summed E-state index contributed by atoms with van der Waals surface area (Å²) in [4.78, 5) is 0. The van der Waals surface area contributed by atoms with Crippen LogP contribution in [0.1, 0.15) is 22.8 Å². The van der Waals surface area contributed by atoms with Gasteiger partial charge in [0.2, 0.25) is 5.79 Å². The molecule has 1 aliphatic carbocycles. The van der Waals surface area contributed by atoms with Crippen molar-refractivity contribution < 1.29 is 19.7 Å². The zero-order valence-corrected chi connectivity index (χ0v) is 14.6. The number of methoxy groups -OCH3 is 2. The number of ether oxygens (including phenoxy) is 2. The van der Waals surface area contributed by atoms with E-state index in [9.17, 15) is 10.2 Å². The number of benzene rings is 3. The zero-order chi connectivity index (χ0) is 18.3. The van der Waals surface area contributed by atoms with E-state index in [1.165, 1.54) is 0 Å². The van der Waals surface area contributed by atoms with Crippen molar-refractivity contribution in [2.75, 3.05) is 14.2 Å². The number of fused-ring (bicyclic) bond motifs is 2. The molecule has 3 aromatic carbocycles. The van der Waals surface area contributed by atoms with Gasteiger partial charge in [0, 0.05) is 30.7 Å². The van der Waals surface area contributed by atoms with Crippen LogP contribution in [0.25, 0.3) is 16.3 Å². The molecule has 0 heterocycles. The number of hydrogen-bond acceptors (Lipinski definition) is 4. The topological polar surface area (TPSA) is 58.9 Å². The molecular formula is C22H20O4. The number of hydrogen-bond donors (Lipinski definition) is 2. The Hall–Kier alpha value is -2.66. The maximum absolute atomic E-state index is 11.0. The van der Waals surface area contributed by atoms with Gasteiger partial charge in [0.1, 0.15) is 11.9 Å². The molecule has 4 nitrogen and oxygen atoms in total. The van der Waals surface area contributed by atoms with Crippen LogP contribution in [0.5, 0.6) is 5.75 Å². The number of aromatic hydroxyl groups is 1. The summed E-state index contributed by atoms with van der Waals surface area (Å²) in [6.07, 6.45) is 0.848. The molecule has 0 fully saturated rings. The molecule has 1 atom stereocenters. The third kappa shape index (κ3) is 2.35. The van der Waals surface area contributed by atoms with E-state index in [0.717, 1.165) is 16.3 Å². The maximum Gasteiger partial charge on any atom is 0.215 e. The summed E-state index contributed by atoms with van der Waals surface area (Å²) in [5.74, 6) is -0.989. The van der Waals surface area contributed by atoms with Crippen molar-refractivity contribution >= 4 is 16.3 Å². The van der Waals surface area contributed by atoms with E-state index in [-0.39, 0.29) is 5.75 Å². The molecule has 0 bridgehead atoms. The first-order valence-electron chi connectivity index (χ1n) is 8.43. The number of rotatable bonds is 3. The predicted molar refractivity (Wildman–Crippen MR) is 101 cm³/mol. The van der Waals surface area contributed by atoms with Crippen molar-refractivity contribution in [1.29, 1.82) is 0 Å². The lowest BCUT2D eigenvalue weighted by molar-refractivity contribution is -0.180. The summed E-state index contributed by atoms with van der Waals surface area (Å²) in [5, 5.41) is 23.5. The molecular weight excluding hydrogens is 328 g/mol. The minimum atomic E-state index is -1.12. The van der Waals surface area contributed by atoms with Gasteiger partial charge >= 0.3 is 0 Å². The Balaban J connectivity index is 1.97. The average Bonchev–Trinajstić information content (AvgIpc) is 2.70. The molecule has 0 saturated heterocycles. The molecule has 132 valence electrons. The van der Waals surface area contributed by atoms with Gasteiger partial charge in [-0.2, -0.15) is 0 Å². The van der Waals surface area contributed by atoms with Gasteiger partial charge in [0.15, 0.2) is 0 Å². The fraction of sp³-hybridized carbons (Fsp3) is 0.182. The molecule has 0 saturated carbocycles. The first kappa shape index (κ1) is 16.8. The van der Waals surface area contributed by atoms with Crippen LogP contribution in [-0.4, -0.2) is 24.4 Å². The van der Waals surface area contributed by atoms with E-state index in [0.29, 0.717) is 16.7 Å². The number of phenolic OH excluding ortho intramolecular Hbond substituents is 1. The van der Waals surface area contributed by atoms with Crippen molar-refractivity contribution in [3.8, 4) is 5.75 Å². The highest BCUT2D eigenvalue weighted by molar-refractivity contribution is 5.94. The quantitative estimate of drug-likeness (QED) is 0.699. The van der Waals surface area contributed by atoms with Crippen molar-refractivity contribution in [2.24, 2.45) is 0 Å². The summed E-state index contributed by atoms with van der Waals surface area (Å²) in [6, 6.07) is 18.8. The highest BCUT2D eigenvalue weighted by Gasteiger charge is 2.40. The zero-order valence-electron chi connectivity index (χ0n) is 14.6. The Morgan fingerprint density at radius 3 is 2.35 bits per heavy atom. The fourth-order valence-electron chi connectivity index (χ4n) is 3.72. The standard InChI is InChI=1S/C22H20O4/c1-25-22(26-2)13-18(21(24)17-9-5-6-10-19(17)22)16-12-11-14-7-3-4-8-15(14)20(16)23/h3-13,21,23-24H,1-2H3. The van der Waals surface area contributed by atoms with Crippen molar-refractivity contribution in [3.63, 3.8) is 0 Å². The lowest BCUT2D eigenvalue weighted by atomic mass is 9.81. The van der Waals surface area contributed by atoms with Crippen LogP contribution in [0, 0.1) is 0 Å². The highest BCUT2D eigenvalue weighted by atomic mass is 16.7. The second-order valence-electron chi connectivity index (χ2n) is 6.35. The molecule has 0 aliphatic heterocycles. The van der Waals surface area contributed by atoms with Crippen LogP contribution < -0.4 is 0 Å². The van der Waals surface area contributed by atoms with E-state index in [1.807, 2.05) is 60.7 Å². The van der Waals surface area contributed by atoms with Crippen molar-refractivity contribution in [1.82, 2.24) is 0 Å². The van der Waals surface area contributed by atoms with Gasteiger partial charge in [-0.1, -0.05) is 60.7 Å². The van der Waals surface area contributed by atoms with E-state index in [1.54, 1.807) is 20.3 Å². The molecule has 4 rings (SSSR count). The summed E-state index contributed by atoms with van der Waals surface area (Å²) in [6.45, 7) is 0. The van der Waals surface area contributed by atoms with Crippen LogP contribution in [0.3, 0.4) is 0 Å². The normalized spacial score (nSPS) is 18.4. The Morgan fingerprint density at radius 1 is 0.885 bits per heavy atom. The van der Waals surface area contributed by atoms with Gasteiger partial charge in [0.25, 0.3) is 0 Å². The third-order valence-electron chi connectivity index (χ3n) is 5.09. The van der Waals surface area contributed by atoms with E-state index >= 15 is 0 Å². The van der Waals surface area contributed by atoms with Gasteiger partial charge in [-0.05, 0) is 22.6 Å². The molecule has 0 radical (unpaired) electrons. The van der Waals surface area contributed by atoms with E-state index in [4.69, 9.17) is 9.47 Å². The van der Waals surface area contributed by atoms with Crippen LogP contribution in [0.2, 0.25) is 0 Å². The molecule has 3 aromatic rings. The minimum Gasteiger partial charge on any atom is -0.507 e. The molecule has 0 spiro atoms. The fourth-order valence-corrected chi connectivity index (χ4v) is 3.72. The Labute approximate surface area is 151 Å². The summed E-state index contributed by atoms with van der Waals surface area (Å²) < 4.78 is 11.4. The SMILES string of the molecule is COC1(OC)C=C(c2ccc3ccccc3c2O)C(O)c2ccccc21. The Kier molecular flexibility index (Phi) is 4.04. The molecule has 1 unspecified atom stereocenters. The van der Waals surface area contributed by atoms with E-state index in [2.05, 4.69) is 0 Å². The summed E-state index contributed by atoms with van der Waals surface area (Å²) in [7, 11) is 3.12. The molecule has 1 aliphatic rings. The van der Waals surface area contributed by atoms with Gasteiger partial charge in [0.05, 0.1) is 0 Å². The average molecular weight is 348 g/mol. The van der Waals surface area contributed by atoms with Crippen molar-refractivity contribution in [3.05, 3.63) is 83.4 Å². The lowest BCUT2D eigenvalue weighted by Crippen LogP contribution is -2.34. The first-order chi connectivity index (χ1) is 12.6. The molecule has 4 heteroatoms. The predicted octanol–water partition coefficient (Wildman–Crippen LogP) is 4.12. The number of aliphatic hydroxyl groups excluding tert-OH is 1. The highest BCUT2D eigenvalue weighted by Crippen LogP contribution is 2.47. The maximum atomic E-state index is 11.0. The number of aliphatic hydroxyl groups is 1. The van der Waals surface area contributed by atoms with Crippen LogP contribution in [-0.2, 0) is 15.3 Å².